The van der Waals surface area contributed by atoms with Crippen LogP contribution in [0.5, 0.6) is 0 Å². The van der Waals surface area contributed by atoms with Gasteiger partial charge in [-0.2, -0.15) is 0 Å². The van der Waals surface area contributed by atoms with Gasteiger partial charge in [-0.25, -0.2) is 0 Å². The van der Waals surface area contributed by atoms with E-state index < -0.39 is 7.60 Å². The Labute approximate surface area is 86.0 Å². The van der Waals surface area contributed by atoms with Gasteiger partial charge in [-0.1, -0.05) is 6.08 Å². The molecule has 0 aromatic rings. The van der Waals surface area contributed by atoms with Crippen molar-refractivity contribution in [2.45, 2.75) is 52.7 Å². The Morgan fingerprint density at radius 1 is 1.21 bits per heavy atom. The SMILES string of the molecule is CC(C)OP(=O)(OC(C)C)C1=CCC1. The monoisotopic (exact) mass is 218 g/mol. The molecule has 1 aliphatic rings. The number of hydrogen-bond acceptors (Lipinski definition) is 3. The lowest BCUT2D eigenvalue weighted by atomic mass is 10.1. The maximum Gasteiger partial charge on any atom is 0.357 e. The first-order valence-electron chi connectivity index (χ1n) is 5.10. The molecule has 0 saturated carbocycles. The molecule has 0 aliphatic heterocycles. The van der Waals surface area contributed by atoms with Gasteiger partial charge >= 0.3 is 7.60 Å². The number of hydrogen-bond donors (Lipinski definition) is 0. The minimum Gasteiger partial charge on any atom is -0.303 e. The summed E-state index contributed by atoms with van der Waals surface area (Å²) in [5.41, 5.74) is 0. The van der Waals surface area contributed by atoms with Gasteiger partial charge in [0.15, 0.2) is 0 Å². The van der Waals surface area contributed by atoms with Gasteiger partial charge in [0, 0.05) is 5.31 Å². The van der Waals surface area contributed by atoms with Crippen LogP contribution in [0, 0.1) is 0 Å². The normalized spacial score (nSPS) is 17.1. The van der Waals surface area contributed by atoms with Crippen molar-refractivity contribution in [1.82, 2.24) is 0 Å². The lowest BCUT2D eigenvalue weighted by Crippen LogP contribution is -2.11. The van der Waals surface area contributed by atoms with Gasteiger partial charge in [0.25, 0.3) is 0 Å². The largest absolute Gasteiger partial charge is 0.357 e. The van der Waals surface area contributed by atoms with Gasteiger partial charge in [0.05, 0.1) is 12.2 Å². The fourth-order valence-electron chi connectivity index (χ4n) is 1.24. The quantitative estimate of drug-likeness (QED) is 0.660. The zero-order valence-corrected chi connectivity index (χ0v) is 10.2. The van der Waals surface area contributed by atoms with Crippen molar-refractivity contribution >= 4 is 7.60 Å². The highest BCUT2D eigenvalue weighted by molar-refractivity contribution is 7.58. The van der Waals surface area contributed by atoms with E-state index >= 15 is 0 Å². The summed E-state index contributed by atoms with van der Waals surface area (Å²) in [6.45, 7) is 7.48. The molecule has 0 aromatic carbocycles. The van der Waals surface area contributed by atoms with Crippen LogP contribution in [0.2, 0.25) is 0 Å². The highest BCUT2D eigenvalue weighted by Gasteiger charge is 2.34. The smallest absolute Gasteiger partial charge is 0.303 e. The van der Waals surface area contributed by atoms with Gasteiger partial charge < -0.3 is 9.05 Å². The van der Waals surface area contributed by atoms with Crippen LogP contribution < -0.4 is 0 Å². The van der Waals surface area contributed by atoms with E-state index in [-0.39, 0.29) is 12.2 Å². The zero-order valence-electron chi connectivity index (χ0n) is 9.32. The maximum absolute atomic E-state index is 12.3. The van der Waals surface area contributed by atoms with E-state index in [4.69, 9.17) is 9.05 Å². The van der Waals surface area contributed by atoms with Crippen molar-refractivity contribution in [3.63, 3.8) is 0 Å². The lowest BCUT2D eigenvalue weighted by Gasteiger charge is -2.27. The minimum absolute atomic E-state index is 0.0684. The topological polar surface area (TPSA) is 35.5 Å². The Bertz CT molecular complexity index is 255. The van der Waals surface area contributed by atoms with Crippen molar-refractivity contribution in [2.75, 3.05) is 0 Å². The summed E-state index contributed by atoms with van der Waals surface area (Å²) in [6, 6.07) is 0. The summed E-state index contributed by atoms with van der Waals surface area (Å²) in [5, 5.41) is 0.847. The van der Waals surface area contributed by atoms with Crippen LogP contribution in [-0.4, -0.2) is 12.2 Å². The second-order valence-electron chi connectivity index (χ2n) is 4.04. The van der Waals surface area contributed by atoms with Crippen molar-refractivity contribution < 1.29 is 13.6 Å². The summed E-state index contributed by atoms with van der Waals surface area (Å²) in [6.07, 6.45) is 3.65. The first kappa shape index (κ1) is 12.0. The van der Waals surface area contributed by atoms with E-state index in [0.29, 0.717) is 0 Å². The fourth-order valence-corrected chi connectivity index (χ4v) is 3.42. The summed E-state index contributed by atoms with van der Waals surface area (Å²) < 4.78 is 23.1. The maximum atomic E-state index is 12.3. The number of rotatable bonds is 5. The molecular weight excluding hydrogens is 199 g/mol. The van der Waals surface area contributed by atoms with E-state index in [1.807, 2.05) is 33.8 Å². The van der Waals surface area contributed by atoms with Gasteiger partial charge in [-0.05, 0) is 40.5 Å². The molecule has 1 aliphatic carbocycles. The van der Waals surface area contributed by atoms with Crippen molar-refractivity contribution in [3.8, 4) is 0 Å². The summed E-state index contributed by atoms with van der Waals surface area (Å²) >= 11 is 0. The van der Waals surface area contributed by atoms with Gasteiger partial charge in [0.1, 0.15) is 0 Å². The molecule has 0 amide bonds. The molecule has 3 nitrogen and oxygen atoms in total. The molecule has 4 heteroatoms. The summed E-state index contributed by atoms with van der Waals surface area (Å²) in [5.74, 6) is 0. The van der Waals surface area contributed by atoms with Gasteiger partial charge in [-0.3, -0.25) is 4.57 Å². The predicted molar refractivity (Wildman–Crippen MR) is 57.4 cm³/mol. The van der Waals surface area contributed by atoms with E-state index in [2.05, 4.69) is 0 Å². The molecule has 0 heterocycles. The third-order valence-electron chi connectivity index (χ3n) is 1.83. The van der Waals surface area contributed by atoms with Crippen LogP contribution in [0.3, 0.4) is 0 Å². The Morgan fingerprint density at radius 3 is 1.86 bits per heavy atom. The molecule has 0 fully saturated rings. The highest BCUT2D eigenvalue weighted by Crippen LogP contribution is 2.61. The van der Waals surface area contributed by atoms with Crippen molar-refractivity contribution in [2.24, 2.45) is 0 Å². The Morgan fingerprint density at radius 2 is 1.64 bits per heavy atom. The molecule has 0 unspecified atom stereocenters. The third kappa shape index (κ3) is 2.94. The fraction of sp³-hybridized carbons (Fsp3) is 0.800. The molecular formula is C10H19O3P. The first-order valence-corrected chi connectivity index (χ1v) is 6.65. The Kier molecular flexibility index (Phi) is 3.94. The molecule has 82 valence electrons. The van der Waals surface area contributed by atoms with Crippen molar-refractivity contribution in [1.29, 1.82) is 0 Å². The zero-order chi connectivity index (χ0) is 10.8. The van der Waals surface area contributed by atoms with Crippen LogP contribution in [0.4, 0.5) is 0 Å². The van der Waals surface area contributed by atoms with Crippen LogP contribution >= 0.6 is 7.60 Å². The molecule has 14 heavy (non-hydrogen) atoms. The molecule has 0 spiro atoms. The average Bonchev–Trinajstić information content (AvgIpc) is 1.74. The molecule has 0 bridgehead atoms. The molecule has 0 aromatic heterocycles. The first-order chi connectivity index (χ1) is 6.44. The molecule has 0 N–H and O–H groups in total. The Balaban J connectivity index is 2.73. The predicted octanol–water partition coefficient (Wildman–Crippen LogP) is 3.71. The van der Waals surface area contributed by atoms with E-state index in [1.54, 1.807) is 0 Å². The Hall–Kier alpha value is -0.110. The molecule has 0 radical (unpaired) electrons. The van der Waals surface area contributed by atoms with Crippen molar-refractivity contribution in [3.05, 3.63) is 11.4 Å². The second kappa shape index (κ2) is 4.61. The van der Waals surface area contributed by atoms with Gasteiger partial charge in [0.2, 0.25) is 0 Å². The van der Waals surface area contributed by atoms with Crippen LogP contribution in [-0.2, 0) is 13.6 Å². The van der Waals surface area contributed by atoms with E-state index in [1.165, 1.54) is 0 Å². The summed E-state index contributed by atoms with van der Waals surface area (Å²) in [4.78, 5) is 0. The van der Waals surface area contributed by atoms with E-state index in [9.17, 15) is 4.57 Å². The molecule has 0 saturated heterocycles. The van der Waals surface area contributed by atoms with Gasteiger partial charge in [-0.15, -0.1) is 0 Å². The second-order valence-corrected chi connectivity index (χ2v) is 6.03. The van der Waals surface area contributed by atoms with Crippen LogP contribution in [0.15, 0.2) is 11.4 Å². The molecule has 1 rings (SSSR count). The third-order valence-corrected chi connectivity index (χ3v) is 4.34. The van der Waals surface area contributed by atoms with E-state index in [0.717, 1.165) is 18.2 Å². The average molecular weight is 218 g/mol. The lowest BCUT2D eigenvalue weighted by molar-refractivity contribution is 0.146. The highest BCUT2D eigenvalue weighted by atomic mass is 31.2. The molecule has 0 atom stereocenters. The summed E-state index contributed by atoms with van der Waals surface area (Å²) in [7, 11) is -2.97. The standard InChI is InChI=1S/C10H19O3P/c1-8(2)12-14(11,13-9(3)4)10-6-5-7-10/h6,8-9H,5,7H2,1-4H3. The number of allylic oxidation sites excluding steroid dienone is 2. The van der Waals surface area contributed by atoms with Crippen LogP contribution in [0.25, 0.3) is 0 Å². The van der Waals surface area contributed by atoms with Crippen LogP contribution in [0.1, 0.15) is 40.5 Å². The minimum atomic E-state index is -2.97.